The molecule has 0 bridgehead atoms. The van der Waals surface area contributed by atoms with Gasteiger partial charge in [-0.05, 0) is 49.1 Å². The molecule has 2 saturated carbocycles. The predicted octanol–water partition coefficient (Wildman–Crippen LogP) is 3.01. The van der Waals surface area contributed by atoms with Crippen LogP contribution in [0.3, 0.4) is 0 Å². The fourth-order valence-electron chi connectivity index (χ4n) is 3.78. The highest BCUT2D eigenvalue weighted by atomic mass is 16.5. The molecule has 6 nitrogen and oxygen atoms in total. The van der Waals surface area contributed by atoms with Crippen LogP contribution in [0.4, 0.5) is 0 Å². The van der Waals surface area contributed by atoms with Gasteiger partial charge in [-0.2, -0.15) is 4.98 Å². The highest BCUT2D eigenvalue weighted by Crippen LogP contribution is 2.48. The maximum absolute atomic E-state index is 11.2. The number of carbonyl (C=O) groups is 1. The molecule has 2 atom stereocenters. The van der Waals surface area contributed by atoms with Gasteiger partial charge in [-0.15, -0.1) is 0 Å². The Morgan fingerprint density at radius 1 is 1.14 bits per heavy atom. The van der Waals surface area contributed by atoms with E-state index in [9.17, 15) is 4.79 Å². The second kappa shape index (κ2) is 6.56. The maximum Gasteiger partial charge on any atom is 0.257 e. The van der Waals surface area contributed by atoms with Gasteiger partial charge in [0.05, 0.1) is 0 Å². The topological polar surface area (TPSA) is 94.0 Å². The van der Waals surface area contributed by atoms with E-state index in [1.165, 1.54) is 12.0 Å². The second-order valence-electron chi connectivity index (χ2n) is 7.89. The molecule has 1 aromatic heterocycles. The summed E-state index contributed by atoms with van der Waals surface area (Å²) in [4.78, 5) is 15.8. The molecule has 0 aliphatic heterocycles. The lowest BCUT2D eigenvalue weighted by Crippen LogP contribution is -2.30. The van der Waals surface area contributed by atoms with E-state index in [0.717, 1.165) is 30.8 Å². The number of aromatic nitrogens is 2. The summed E-state index contributed by atoms with van der Waals surface area (Å²) in [7, 11) is 0. The monoisotopic (exact) mass is 374 g/mol. The molecule has 0 radical (unpaired) electrons. The first-order valence-corrected chi connectivity index (χ1v) is 9.67. The van der Waals surface area contributed by atoms with Crippen LogP contribution < -0.4 is 11.1 Å². The molecule has 28 heavy (non-hydrogen) atoms. The van der Waals surface area contributed by atoms with Crippen LogP contribution in [-0.2, 0) is 5.41 Å². The molecule has 2 aliphatic rings. The van der Waals surface area contributed by atoms with E-state index >= 15 is 0 Å². The van der Waals surface area contributed by atoms with Crippen LogP contribution in [-0.4, -0.2) is 28.6 Å². The van der Waals surface area contributed by atoms with E-state index in [2.05, 4.69) is 45.8 Å². The first-order chi connectivity index (χ1) is 13.6. The van der Waals surface area contributed by atoms with Crippen molar-refractivity contribution in [1.82, 2.24) is 15.5 Å². The van der Waals surface area contributed by atoms with E-state index in [4.69, 9.17) is 10.3 Å². The van der Waals surface area contributed by atoms with Crippen molar-refractivity contribution in [2.24, 2.45) is 5.73 Å². The average Bonchev–Trinajstić information content (AvgIpc) is 3.64. The largest absolute Gasteiger partial charge is 0.366 e. The zero-order valence-electron chi connectivity index (χ0n) is 15.5. The summed E-state index contributed by atoms with van der Waals surface area (Å²) in [5, 5.41) is 7.94. The molecule has 0 saturated heterocycles. The third-order valence-electron chi connectivity index (χ3n) is 5.89. The second-order valence-corrected chi connectivity index (χ2v) is 7.89. The molecule has 2 aromatic carbocycles. The molecule has 1 heterocycles. The standard InChI is InChI=1S/C22H22N4O2/c23-19(27)15-6-8-16(9-7-15)20-25-21(26-28-20)22(10-11-22)13-24-18-12-17(18)14-4-2-1-3-5-14/h1-9,17-18,24H,10-13H2,(H2,23,27)/t17-,18+/m1/s1. The quantitative estimate of drug-likeness (QED) is 0.663. The molecule has 6 heteroatoms. The molecule has 0 unspecified atom stereocenters. The summed E-state index contributed by atoms with van der Waals surface area (Å²) in [5.74, 6) is 1.41. The van der Waals surface area contributed by atoms with Crippen LogP contribution in [0.1, 0.15) is 46.9 Å². The summed E-state index contributed by atoms with van der Waals surface area (Å²) < 4.78 is 5.49. The summed E-state index contributed by atoms with van der Waals surface area (Å²) >= 11 is 0. The molecule has 0 spiro atoms. The molecule has 2 fully saturated rings. The van der Waals surface area contributed by atoms with Gasteiger partial charge >= 0.3 is 0 Å². The van der Waals surface area contributed by atoms with Crippen molar-refractivity contribution in [2.45, 2.75) is 36.6 Å². The molecule has 5 rings (SSSR count). The van der Waals surface area contributed by atoms with Crippen LogP contribution in [0.5, 0.6) is 0 Å². The highest BCUT2D eigenvalue weighted by molar-refractivity contribution is 5.93. The average molecular weight is 374 g/mol. The summed E-state index contributed by atoms with van der Waals surface area (Å²) in [6, 6.07) is 18.1. The van der Waals surface area contributed by atoms with Gasteiger partial charge in [0.25, 0.3) is 5.89 Å². The van der Waals surface area contributed by atoms with Crippen LogP contribution >= 0.6 is 0 Å². The van der Waals surface area contributed by atoms with Gasteiger partial charge in [-0.1, -0.05) is 35.5 Å². The molecular weight excluding hydrogens is 352 g/mol. The number of nitrogens with zero attached hydrogens (tertiary/aromatic N) is 2. The Hall–Kier alpha value is -2.99. The zero-order valence-corrected chi connectivity index (χ0v) is 15.5. The van der Waals surface area contributed by atoms with Gasteiger partial charge in [0.2, 0.25) is 5.91 Å². The fraction of sp³-hybridized carbons (Fsp3) is 0.318. The molecule has 2 aliphatic carbocycles. The van der Waals surface area contributed by atoms with Gasteiger partial charge < -0.3 is 15.6 Å². The number of hydrogen-bond acceptors (Lipinski definition) is 5. The maximum atomic E-state index is 11.2. The number of amides is 1. The van der Waals surface area contributed by atoms with Crippen molar-refractivity contribution >= 4 is 5.91 Å². The fourth-order valence-corrected chi connectivity index (χ4v) is 3.78. The summed E-state index contributed by atoms with van der Waals surface area (Å²) in [5.41, 5.74) is 7.93. The Morgan fingerprint density at radius 3 is 2.57 bits per heavy atom. The lowest BCUT2D eigenvalue weighted by atomic mass is 10.1. The third-order valence-corrected chi connectivity index (χ3v) is 5.89. The number of benzene rings is 2. The van der Waals surface area contributed by atoms with E-state index in [-0.39, 0.29) is 5.41 Å². The Bertz CT molecular complexity index is 993. The van der Waals surface area contributed by atoms with Gasteiger partial charge in [-0.25, -0.2) is 0 Å². The van der Waals surface area contributed by atoms with E-state index in [1.54, 1.807) is 24.3 Å². The Labute approximate surface area is 163 Å². The van der Waals surface area contributed by atoms with Gasteiger partial charge in [0.1, 0.15) is 0 Å². The van der Waals surface area contributed by atoms with Crippen molar-refractivity contribution in [3.8, 4) is 11.5 Å². The van der Waals surface area contributed by atoms with Crippen molar-refractivity contribution in [1.29, 1.82) is 0 Å². The SMILES string of the molecule is NC(=O)c1ccc(-c2nc(C3(CN[C@H]4C[C@@H]4c4ccccc4)CC3)no2)cc1. The minimum atomic E-state index is -0.449. The third kappa shape index (κ3) is 3.20. The Kier molecular flexibility index (Phi) is 4.02. The molecule has 3 N–H and O–H groups in total. The van der Waals surface area contributed by atoms with Crippen molar-refractivity contribution in [3.63, 3.8) is 0 Å². The first-order valence-electron chi connectivity index (χ1n) is 9.67. The van der Waals surface area contributed by atoms with Gasteiger partial charge in [-0.3, -0.25) is 4.79 Å². The van der Waals surface area contributed by atoms with E-state index in [1.807, 2.05) is 0 Å². The number of primary amides is 1. The van der Waals surface area contributed by atoms with Crippen LogP contribution in [0, 0.1) is 0 Å². The minimum Gasteiger partial charge on any atom is -0.366 e. The van der Waals surface area contributed by atoms with Gasteiger partial charge in [0.15, 0.2) is 5.82 Å². The summed E-state index contributed by atoms with van der Waals surface area (Å²) in [6.07, 6.45) is 3.33. The first kappa shape index (κ1) is 17.1. The van der Waals surface area contributed by atoms with Crippen LogP contribution in [0.25, 0.3) is 11.5 Å². The number of nitrogens with two attached hydrogens (primary N) is 1. The highest BCUT2D eigenvalue weighted by Gasteiger charge is 2.50. The Balaban J connectivity index is 1.24. The zero-order chi connectivity index (χ0) is 19.1. The van der Waals surface area contributed by atoms with Gasteiger partial charge in [0, 0.05) is 35.0 Å². The summed E-state index contributed by atoms with van der Waals surface area (Å²) in [6.45, 7) is 0.876. The van der Waals surface area contributed by atoms with E-state index in [0.29, 0.717) is 23.4 Å². The number of hydrogen-bond donors (Lipinski definition) is 2. The molecule has 3 aromatic rings. The predicted molar refractivity (Wildman–Crippen MR) is 105 cm³/mol. The number of carbonyl (C=O) groups excluding carboxylic acids is 1. The van der Waals surface area contributed by atoms with Crippen molar-refractivity contribution in [2.75, 3.05) is 6.54 Å². The molecule has 1 amide bonds. The number of nitrogens with one attached hydrogen (secondary N) is 1. The van der Waals surface area contributed by atoms with E-state index < -0.39 is 5.91 Å². The van der Waals surface area contributed by atoms with Crippen LogP contribution in [0.2, 0.25) is 0 Å². The lowest BCUT2D eigenvalue weighted by molar-refractivity contribution is 0.100. The van der Waals surface area contributed by atoms with Crippen LogP contribution in [0.15, 0.2) is 59.1 Å². The Morgan fingerprint density at radius 2 is 1.89 bits per heavy atom. The minimum absolute atomic E-state index is 0.0151. The smallest absolute Gasteiger partial charge is 0.257 e. The number of rotatable bonds is 7. The molecular formula is C22H22N4O2. The van der Waals surface area contributed by atoms with Crippen molar-refractivity contribution < 1.29 is 9.32 Å². The molecule has 142 valence electrons. The lowest BCUT2D eigenvalue weighted by Gasteiger charge is -2.12. The normalized spacial score (nSPS) is 22.0. The van der Waals surface area contributed by atoms with Crippen molar-refractivity contribution in [3.05, 3.63) is 71.5 Å².